The van der Waals surface area contributed by atoms with E-state index >= 15 is 0 Å². The topological polar surface area (TPSA) is 52.6 Å². The molecule has 3 amide bonds. The molecule has 1 atom stereocenters. The number of hydrogen-bond donors (Lipinski definition) is 1. The van der Waals surface area contributed by atoms with Gasteiger partial charge >= 0.3 is 6.03 Å². The Labute approximate surface area is 142 Å². The first-order valence-electron chi connectivity index (χ1n) is 7.76. The zero-order valence-corrected chi connectivity index (χ0v) is 15.1. The van der Waals surface area contributed by atoms with Gasteiger partial charge in [0.25, 0.3) is 0 Å². The maximum Gasteiger partial charge on any atom is 0.318 e. The number of carbonyl (C=O) groups excluding carboxylic acids is 2. The number of amides is 3. The number of rotatable bonds is 1. The third-order valence-electron chi connectivity index (χ3n) is 3.86. The average Bonchev–Trinajstić information content (AvgIpc) is 2.42. The molecule has 1 unspecified atom stereocenters. The van der Waals surface area contributed by atoms with Gasteiger partial charge in [-0.1, -0.05) is 17.7 Å². The van der Waals surface area contributed by atoms with Crippen molar-refractivity contribution in [2.24, 2.45) is 0 Å². The van der Waals surface area contributed by atoms with Gasteiger partial charge in [0.2, 0.25) is 5.91 Å². The molecule has 1 aromatic carbocycles. The normalized spacial score (nSPS) is 19.0. The van der Waals surface area contributed by atoms with E-state index in [2.05, 4.69) is 5.32 Å². The van der Waals surface area contributed by atoms with Crippen LogP contribution in [-0.2, 0) is 4.79 Å². The highest BCUT2D eigenvalue weighted by molar-refractivity contribution is 6.31. The highest BCUT2D eigenvalue weighted by atomic mass is 35.5. The largest absolute Gasteiger partial charge is 0.333 e. The molecule has 1 aromatic rings. The molecule has 6 heteroatoms. The predicted molar refractivity (Wildman–Crippen MR) is 93.0 cm³/mol. The van der Waals surface area contributed by atoms with Crippen LogP contribution in [0.4, 0.5) is 10.5 Å². The number of halogens is 1. The maximum absolute atomic E-state index is 12.7. The van der Waals surface area contributed by atoms with Crippen LogP contribution in [-0.4, -0.2) is 41.5 Å². The molecule has 1 aliphatic heterocycles. The van der Waals surface area contributed by atoms with Gasteiger partial charge in [0.15, 0.2) is 0 Å². The number of piperazine rings is 1. The van der Waals surface area contributed by atoms with E-state index in [0.717, 1.165) is 11.3 Å². The molecule has 1 N–H and O–H groups in total. The van der Waals surface area contributed by atoms with Gasteiger partial charge in [-0.2, -0.15) is 0 Å². The summed E-state index contributed by atoms with van der Waals surface area (Å²) in [5.74, 6) is -0.0920. The van der Waals surface area contributed by atoms with Crippen molar-refractivity contribution >= 4 is 29.2 Å². The minimum atomic E-state index is -0.510. The predicted octanol–water partition coefficient (Wildman–Crippen LogP) is 3.19. The van der Waals surface area contributed by atoms with Crippen LogP contribution < -0.4 is 10.2 Å². The highest BCUT2D eigenvalue weighted by Crippen LogP contribution is 2.27. The number of hydrogen-bond acceptors (Lipinski definition) is 2. The van der Waals surface area contributed by atoms with Crippen LogP contribution in [0.2, 0.25) is 5.02 Å². The molecule has 126 valence electrons. The quantitative estimate of drug-likeness (QED) is 0.855. The minimum absolute atomic E-state index is 0.0920. The molecular weight excluding hydrogens is 314 g/mol. The van der Waals surface area contributed by atoms with Crippen molar-refractivity contribution in [3.8, 4) is 0 Å². The zero-order valence-electron chi connectivity index (χ0n) is 14.3. The third kappa shape index (κ3) is 3.96. The lowest BCUT2D eigenvalue weighted by atomic mass is 10.1. The second kappa shape index (κ2) is 6.40. The summed E-state index contributed by atoms with van der Waals surface area (Å²) in [5, 5.41) is 3.51. The van der Waals surface area contributed by atoms with Gasteiger partial charge < -0.3 is 15.1 Å². The number of nitrogens with one attached hydrogen (secondary N) is 1. The highest BCUT2D eigenvalue weighted by Gasteiger charge is 2.36. The van der Waals surface area contributed by atoms with E-state index < -0.39 is 6.04 Å². The Balaban J connectivity index is 2.18. The molecule has 1 aliphatic rings. The molecule has 0 radical (unpaired) electrons. The lowest BCUT2D eigenvalue weighted by Crippen LogP contribution is -2.61. The Bertz CT molecular complexity index is 625. The molecule has 0 aliphatic carbocycles. The van der Waals surface area contributed by atoms with Gasteiger partial charge in [-0.3, -0.25) is 4.79 Å². The van der Waals surface area contributed by atoms with Crippen molar-refractivity contribution in [1.29, 1.82) is 0 Å². The van der Waals surface area contributed by atoms with Crippen molar-refractivity contribution in [3.05, 3.63) is 28.8 Å². The van der Waals surface area contributed by atoms with E-state index in [9.17, 15) is 9.59 Å². The van der Waals surface area contributed by atoms with Crippen LogP contribution >= 0.6 is 11.6 Å². The summed E-state index contributed by atoms with van der Waals surface area (Å²) < 4.78 is 0. The van der Waals surface area contributed by atoms with Crippen molar-refractivity contribution in [1.82, 2.24) is 10.2 Å². The summed E-state index contributed by atoms with van der Waals surface area (Å²) in [5.41, 5.74) is 1.47. The summed E-state index contributed by atoms with van der Waals surface area (Å²) in [4.78, 5) is 28.4. The van der Waals surface area contributed by atoms with Crippen LogP contribution in [0, 0.1) is 6.92 Å². The van der Waals surface area contributed by atoms with Crippen molar-refractivity contribution in [2.75, 3.05) is 18.0 Å². The van der Waals surface area contributed by atoms with E-state index in [-0.39, 0.29) is 17.5 Å². The number of aryl methyl sites for hydroxylation is 1. The molecule has 0 saturated carbocycles. The number of urea groups is 1. The Kier molecular flexibility index (Phi) is 4.90. The third-order valence-corrected chi connectivity index (χ3v) is 4.10. The Morgan fingerprint density at radius 2 is 1.96 bits per heavy atom. The molecular formula is C17H24ClN3O2. The molecule has 1 fully saturated rings. The Morgan fingerprint density at radius 3 is 2.57 bits per heavy atom. The van der Waals surface area contributed by atoms with E-state index in [1.807, 2.05) is 33.8 Å². The second-order valence-electron chi connectivity index (χ2n) is 6.97. The lowest BCUT2D eigenvalue weighted by molar-refractivity contribution is -0.124. The first-order valence-corrected chi connectivity index (χ1v) is 8.14. The molecule has 2 rings (SSSR count). The van der Waals surface area contributed by atoms with Gasteiger partial charge in [0.05, 0.1) is 0 Å². The number of carbonyl (C=O) groups is 2. The monoisotopic (exact) mass is 337 g/mol. The van der Waals surface area contributed by atoms with Crippen molar-refractivity contribution in [3.63, 3.8) is 0 Å². The number of anilines is 1. The van der Waals surface area contributed by atoms with Crippen molar-refractivity contribution in [2.45, 2.75) is 46.2 Å². The fourth-order valence-corrected chi connectivity index (χ4v) is 2.82. The Hall–Kier alpha value is -1.75. The van der Waals surface area contributed by atoms with Crippen LogP contribution in [0.5, 0.6) is 0 Å². The van der Waals surface area contributed by atoms with Crippen LogP contribution in [0.25, 0.3) is 0 Å². The van der Waals surface area contributed by atoms with Crippen LogP contribution in [0.15, 0.2) is 18.2 Å². The van der Waals surface area contributed by atoms with Gasteiger partial charge in [-0.25, -0.2) is 4.79 Å². The summed E-state index contributed by atoms with van der Waals surface area (Å²) in [6.07, 6.45) is 0. The fraction of sp³-hybridized carbons (Fsp3) is 0.529. The van der Waals surface area contributed by atoms with Crippen LogP contribution in [0.1, 0.15) is 33.3 Å². The first kappa shape index (κ1) is 17.6. The summed E-state index contributed by atoms with van der Waals surface area (Å²) in [6, 6.07) is 4.78. The fourth-order valence-electron chi connectivity index (χ4n) is 2.65. The van der Waals surface area contributed by atoms with Crippen LogP contribution in [0.3, 0.4) is 0 Å². The molecule has 23 heavy (non-hydrogen) atoms. The van der Waals surface area contributed by atoms with Crippen molar-refractivity contribution < 1.29 is 9.59 Å². The Morgan fingerprint density at radius 1 is 1.30 bits per heavy atom. The van der Waals surface area contributed by atoms with E-state index in [1.54, 1.807) is 28.9 Å². The zero-order chi connectivity index (χ0) is 17.4. The SMILES string of the molecule is Cc1ccc(Cl)cc1N1CCN(C(=O)NC(C)(C)C)C(C)C1=O. The van der Waals surface area contributed by atoms with Gasteiger partial charge in [-0.05, 0) is 52.3 Å². The first-order chi connectivity index (χ1) is 10.6. The standard InChI is InChI=1S/C17H24ClN3O2/c1-11-6-7-13(18)10-14(11)21-9-8-20(12(2)15(21)22)16(23)19-17(3,4)5/h6-7,10,12H,8-9H2,1-5H3,(H,19,23). The van der Waals surface area contributed by atoms with Gasteiger partial charge in [-0.15, -0.1) is 0 Å². The molecule has 1 heterocycles. The number of benzene rings is 1. The van der Waals surface area contributed by atoms with E-state index in [4.69, 9.17) is 11.6 Å². The second-order valence-corrected chi connectivity index (χ2v) is 7.41. The lowest BCUT2D eigenvalue weighted by Gasteiger charge is -2.40. The summed E-state index contributed by atoms with van der Waals surface area (Å²) >= 11 is 6.06. The smallest absolute Gasteiger partial charge is 0.318 e. The molecule has 0 aromatic heterocycles. The molecule has 0 bridgehead atoms. The molecule has 5 nitrogen and oxygen atoms in total. The number of nitrogens with zero attached hydrogens (tertiary/aromatic N) is 2. The summed E-state index contributed by atoms with van der Waals surface area (Å²) in [7, 11) is 0. The minimum Gasteiger partial charge on any atom is -0.333 e. The summed E-state index contributed by atoms with van der Waals surface area (Å²) in [6.45, 7) is 10.4. The van der Waals surface area contributed by atoms with Gasteiger partial charge in [0, 0.05) is 29.3 Å². The molecule has 1 saturated heterocycles. The molecule has 0 spiro atoms. The van der Waals surface area contributed by atoms with E-state index in [0.29, 0.717) is 18.1 Å². The van der Waals surface area contributed by atoms with Gasteiger partial charge in [0.1, 0.15) is 6.04 Å². The maximum atomic E-state index is 12.7. The van der Waals surface area contributed by atoms with E-state index in [1.165, 1.54) is 0 Å². The average molecular weight is 338 g/mol.